The van der Waals surface area contributed by atoms with Gasteiger partial charge in [-0.1, -0.05) is 36.4 Å². The lowest BCUT2D eigenvalue weighted by atomic mass is 9.76. The number of alkyl halides is 3. The summed E-state index contributed by atoms with van der Waals surface area (Å²) in [7, 11) is 0. The van der Waals surface area contributed by atoms with Crippen LogP contribution in [0, 0.1) is 16.7 Å². The smallest absolute Gasteiger partial charge is 0.284 e. The van der Waals surface area contributed by atoms with Gasteiger partial charge in [-0.25, -0.2) is 5.01 Å². The van der Waals surface area contributed by atoms with Crippen LogP contribution >= 0.6 is 0 Å². The van der Waals surface area contributed by atoms with E-state index in [0.29, 0.717) is 19.3 Å². The molecule has 2 aromatic carbocycles. The SMILES string of the molecule is C=CC[C@]1(C#N)C[C@H](C)N(NC(=O)c2ccc(C(F)(F)F)cc2)[C@H]1CCc1ccccc1. The van der Waals surface area contributed by atoms with Crippen molar-refractivity contribution in [1.82, 2.24) is 10.4 Å². The standard InChI is InChI=1S/C25H26F3N3O/c1-3-15-24(17-29)16-18(2)31(22(24)14-9-19-7-5-4-6-8-19)30-23(32)20-10-12-21(13-11-20)25(26,27)28/h3-8,10-13,18,22H,1,9,14-16H2,2H3,(H,30,32)/t18-,22-,24+/m0/s1. The number of carbonyl (C=O) groups is 1. The van der Waals surface area contributed by atoms with Crippen LogP contribution in [0.25, 0.3) is 0 Å². The second-order valence-corrected chi connectivity index (χ2v) is 8.28. The molecule has 1 aliphatic heterocycles. The highest BCUT2D eigenvalue weighted by molar-refractivity contribution is 5.93. The fourth-order valence-electron chi connectivity index (χ4n) is 4.52. The number of carbonyl (C=O) groups excluding carboxylic acids is 1. The molecule has 1 saturated heterocycles. The largest absolute Gasteiger partial charge is 0.416 e. The molecule has 0 aliphatic carbocycles. The van der Waals surface area contributed by atoms with E-state index in [9.17, 15) is 23.2 Å². The molecule has 1 aliphatic rings. The first-order valence-electron chi connectivity index (χ1n) is 10.5. The Balaban J connectivity index is 1.82. The van der Waals surface area contributed by atoms with E-state index >= 15 is 0 Å². The van der Waals surface area contributed by atoms with Gasteiger partial charge in [0.05, 0.1) is 17.0 Å². The van der Waals surface area contributed by atoms with Crippen molar-refractivity contribution in [1.29, 1.82) is 5.26 Å². The molecular formula is C25H26F3N3O. The van der Waals surface area contributed by atoms with E-state index < -0.39 is 23.1 Å². The van der Waals surface area contributed by atoms with Gasteiger partial charge < -0.3 is 0 Å². The van der Waals surface area contributed by atoms with Crippen molar-refractivity contribution in [2.75, 3.05) is 0 Å². The number of nitrogens with one attached hydrogen (secondary N) is 1. The molecule has 1 heterocycles. The molecule has 1 amide bonds. The maximum Gasteiger partial charge on any atom is 0.416 e. The number of hydrogen-bond donors (Lipinski definition) is 1. The quantitative estimate of drug-likeness (QED) is 0.575. The van der Waals surface area contributed by atoms with E-state index in [0.717, 1.165) is 24.1 Å². The predicted molar refractivity (Wildman–Crippen MR) is 116 cm³/mol. The number of halogens is 3. The van der Waals surface area contributed by atoms with Crippen molar-refractivity contribution in [3.05, 3.63) is 83.9 Å². The molecule has 168 valence electrons. The normalized spacial score (nSPS) is 23.5. The molecule has 1 fully saturated rings. The predicted octanol–water partition coefficient (Wildman–Crippen LogP) is 5.53. The maximum absolute atomic E-state index is 12.8. The summed E-state index contributed by atoms with van der Waals surface area (Å²) in [6.07, 6.45) is -0.318. The van der Waals surface area contributed by atoms with Gasteiger partial charge in [0.15, 0.2) is 0 Å². The maximum atomic E-state index is 12.8. The van der Waals surface area contributed by atoms with Crippen molar-refractivity contribution in [2.45, 2.75) is 50.9 Å². The van der Waals surface area contributed by atoms with Crippen molar-refractivity contribution >= 4 is 5.91 Å². The molecule has 0 spiro atoms. The van der Waals surface area contributed by atoms with Crippen LogP contribution < -0.4 is 5.43 Å². The van der Waals surface area contributed by atoms with Gasteiger partial charge in [0.2, 0.25) is 0 Å². The van der Waals surface area contributed by atoms with E-state index in [1.165, 1.54) is 12.1 Å². The topological polar surface area (TPSA) is 56.1 Å². The van der Waals surface area contributed by atoms with E-state index in [1.54, 1.807) is 11.1 Å². The minimum atomic E-state index is -4.46. The molecule has 1 N–H and O–H groups in total. The van der Waals surface area contributed by atoms with E-state index in [1.807, 2.05) is 37.3 Å². The lowest BCUT2D eigenvalue weighted by Gasteiger charge is -2.34. The molecule has 4 nitrogen and oxygen atoms in total. The summed E-state index contributed by atoms with van der Waals surface area (Å²) in [4.78, 5) is 12.8. The molecule has 3 atom stereocenters. The van der Waals surface area contributed by atoms with Crippen LogP contribution in [0.3, 0.4) is 0 Å². The zero-order valence-electron chi connectivity index (χ0n) is 17.9. The minimum Gasteiger partial charge on any atom is -0.284 e. The molecule has 0 radical (unpaired) electrons. The number of amides is 1. The van der Waals surface area contributed by atoms with E-state index in [-0.39, 0.29) is 17.6 Å². The number of nitrogens with zero attached hydrogens (tertiary/aromatic N) is 2. The lowest BCUT2D eigenvalue weighted by molar-refractivity contribution is -0.137. The summed E-state index contributed by atoms with van der Waals surface area (Å²) in [6, 6.07) is 16.1. The molecule has 3 rings (SSSR count). The Morgan fingerprint density at radius 3 is 2.47 bits per heavy atom. The fraction of sp³-hybridized carbons (Fsp3) is 0.360. The number of hydrazine groups is 1. The summed E-state index contributed by atoms with van der Waals surface area (Å²) in [5.74, 6) is -0.498. The molecule has 0 bridgehead atoms. The third kappa shape index (κ3) is 5.03. The highest BCUT2D eigenvalue weighted by atomic mass is 19.4. The van der Waals surface area contributed by atoms with Crippen LogP contribution in [0.2, 0.25) is 0 Å². The Morgan fingerprint density at radius 1 is 1.25 bits per heavy atom. The minimum absolute atomic E-state index is 0.117. The van der Waals surface area contributed by atoms with Crippen molar-refractivity contribution < 1.29 is 18.0 Å². The average Bonchev–Trinajstić information content (AvgIpc) is 3.03. The summed E-state index contributed by atoms with van der Waals surface area (Å²) in [5.41, 5.74) is 2.61. The number of hydrogen-bond acceptors (Lipinski definition) is 3. The summed E-state index contributed by atoms with van der Waals surface area (Å²) < 4.78 is 38.5. The van der Waals surface area contributed by atoms with E-state index in [4.69, 9.17) is 0 Å². The van der Waals surface area contributed by atoms with E-state index in [2.05, 4.69) is 18.1 Å². The number of nitriles is 1. The number of allylic oxidation sites excluding steroid dienone is 1. The molecular weight excluding hydrogens is 415 g/mol. The second kappa shape index (κ2) is 9.58. The Hall–Kier alpha value is -3.11. The highest BCUT2D eigenvalue weighted by Crippen LogP contribution is 2.44. The molecule has 32 heavy (non-hydrogen) atoms. The average molecular weight is 441 g/mol. The molecule has 7 heteroatoms. The second-order valence-electron chi connectivity index (χ2n) is 8.28. The molecule has 0 unspecified atom stereocenters. The first-order chi connectivity index (χ1) is 15.2. The third-order valence-electron chi connectivity index (χ3n) is 6.09. The fourth-order valence-corrected chi connectivity index (χ4v) is 4.52. The zero-order valence-corrected chi connectivity index (χ0v) is 17.9. The van der Waals surface area contributed by atoms with Gasteiger partial charge in [-0.2, -0.15) is 18.4 Å². The van der Waals surface area contributed by atoms with Gasteiger partial charge in [0, 0.05) is 17.6 Å². The first kappa shape index (κ1) is 23.6. The van der Waals surface area contributed by atoms with Crippen LogP contribution in [0.4, 0.5) is 13.2 Å². The van der Waals surface area contributed by atoms with Crippen molar-refractivity contribution in [3.63, 3.8) is 0 Å². The van der Waals surface area contributed by atoms with Gasteiger partial charge >= 0.3 is 6.18 Å². The molecule has 2 aromatic rings. The van der Waals surface area contributed by atoms with Crippen molar-refractivity contribution in [3.8, 4) is 6.07 Å². The number of aryl methyl sites for hydroxylation is 1. The van der Waals surface area contributed by atoms with Gasteiger partial charge in [0.25, 0.3) is 5.91 Å². The van der Waals surface area contributed by atoms with Gasteiger partial charge in [0.1, 0.15) is 0 Å². The number of rotatable bonds is 7. The van der Waals surface area contributed by atoms with Crippen LogP contribution in [0.15, 0.2) is 67.3 Å². The lowest BCUT2D eigenvalue weighted by Crippen LogP contribution is -2.51. The number of benzene rings is 2. The monoisotopic (exact) mass is 441 g/mol. The van der Waals surface area contributed by atoms with Crippen LogP contribution in [0.1, 0.15) is 47.7 Å². The van der Waals surface area contributed by atoms with Crippen LogP contribution in [-0.4, -0.2) is 23.0 Å². The summed E-state index contributed by atoms with van der Waals surface area (Å²) >= 11 is 0. The Morgan fingerprint density at radius 2 is 1.91 bits per heavy atom. The van der Waals surface area contributed by atoms with Gasteiger partial charge in [-0.15, -0.1) is 6.58 Å². The summed E-state index contributed by atoms with van der Waals surface area (Å²) in [5, 5.41) is 11.9. The van der Waals surface area contributed by atoms with Gasteiger partial charge in [-0.05, 0) is 62.4 Å². The molecule has 0 aromatic heterocycles. The first-order valence-corrected chi connectivity index (χ1v) is 10.5. The summed E-state index contributed by atoms with van der Waals surface area (Å²) in [6.45, 7) is 5.74. The van der Waals surface area contributed by atoms with Gasteiger partial charge in [-0.3, -0.25) is 10.2 Å². The van der Waals surface area contributed by atoms with Crippen LogP contribution in [0.5, 0.6) is 0 Å². The zero-order chi connectivity index (χ0) is 23.4. The Kier molecular flexibility index (Phi) is 7.05. The molecule has 0 saturated carbocycles. The van der Waals surface area contributed by atoms with Crippen molar-refractivity contribution in [2.24, 2.45) is 5.41 Å². The van der Waals surface area contributed by atoms with Crippen LogP contribution in [-0.2, 0) is 12.6 Å². The highest BCUT2D eigenvalue weighted by Gasteiger charge is 2.51. The Bertz CT molecular complexity index is 982. The third-order valence-corrected chi connectivity index (χ3v) is 6.09. The Labute approximate surface area is 186 Å².